The van der Waals surface area contributed by atoms with Gasteiger partial charge in [0.1, 0.15) is 10.4 Å². The fraction of sp³-hybridized carbons (Fsp3) is 0.308. The van der Waals surface area contributed by atoms with E-state index in [1.807, 2.05) is 23.8 Å². The van der Waals surface area contributed by atoms with Crippen molar-refractivity contribution >= 4 is 69.4 Å². The molecule has 112 valence electrons. The lowest BCUT2D eigenvalue weighted by Gasteiger charge is -2.22. The highest BCUT2D eigenvalue weighted by atomic mass is 32.2. The summed E-state index contributed by atoms with van der Waals surface area (Å²) in [6.07, 6.45) is 4.05. The number of carbonyl (C=O) groups excluding carboxylic acids is 1. The van der Waals surface area contributed by atoms with Gasteiger partial charge in [0.2, 0.25) is 0 Å². The Balaban J connectivity index is 2.22. The number of thioether (sulfide) groups is 2. The van der Waals surface area contributed by atoms with E-state index in [4.69, 9.17) is 12.2 Å². The van der Waals surface area contributed by atoms with Crippen molar-refractivity contribution in [3.63, 3.8) is 0 Å². The lowest BCUT2D eigenvalue weighted by Crippen LogP contribution is -2.44. The number of carbonyl (C=O) groups is 2. The molecule has 1 fully saturated rings. The van der Waals surface area contributed by atoms with Crippen LogP contribution in [0.3, 0.4) is 0 Å². The molecule has 0 aliphatic carbocycles. The Morgan fingerprint density at radius 2 is 2.38 bits per heavy atom. The maximum Gasteiger partial charge on any atom is 0.326 e. The molecule has 0 saturated carbocycles. The average Bonchev–Trinajstić information content (AvgIpc) is 3.02. The molecule has 1 atom stereocenters. The largest absolute Gasteiger partial charge is 0.480 e. The second kappa shape index (κ2) is 7.44. The third kappa shape index (κ3) is 3.88. The number of hydrogen-bond acceptors (Lipinski definition) is 6. The maximum atomic E-state index is 12.4. The van der Waals surface area contributed by atoms with Gasteiger partial charge in [-0.05, 0) is 36.0 Å². The number of thiocarbonyl (C=S) groups is 1. The lowest BCUT2D eigenvalue weighted by atomic mass is 10.2. The molecule has 4 nitrogen and oxygen atoms in total. The maximum absolute atomic E-state index is 12.4. The third-order valence-electron chi connectivity index (χ3n) is 2.83. The van der Waals surface area contributed by atoms with Gasteiger partial charge in [0.05, 0.1) is 4.91 Å². The van der Waals surface area contributed by atoms with Crippen LogP contribution < -0.4 is 0 Å². The summed E-state index contributed by atoms with van der Waals surface area (Å²) in [5.41, 5.74) is 0. The van der Waals surface area contributed by atoms with Crippen LogP contribution in [0.25, 0.3) is 6.08 Å². The standard InChI is InChI=1S/C13H13NO3S4/c1-19-6-4-9(12(16)17)14-11(15)10(21-13(14)18)7-8-3-2-5-20-8/h2-3,5,7,9H,4,6H2,1H3,(H,16,17)/b10-7+/t9-/m0/s1. The molecule has 2 rings (SSSR count). The van der Waals surface area contributed by atoms with E-state index in [0.29, 0.717) is 21.4 Å². The number of thiophene rings is 1. The Morgan fingerprint density at radius 1 is 1.62 bits per heavy atom. The number of aliphatic carboxylic acids is 1. The van der Waals surface area contributed by atoms with Crippen molar-refractivity contribution in [2.24, 2.45) is 0 Å². The summed E-state index contributed by atoms with van der Waals surface area (Å²) in [7, 11) is 0. The van der Waals surface area contributed by atoms with Gasteiger partial charge >= 0.3 is 5.97 Å². The van der Waals surface area contributed by atoms with E-state index in [9.17, 15) is 14.7 Å². The molecule has 0 spiro atoms. The molecule has 8 heteroatoms. The van der Waals surface area contributed by atoms with Crippen molar-refractivity contribution in [1.82, 2.24) is 4.90 Å². The van der Waals surface area contributed by atoms with Crippen LogP contribution in [0, 0.1) is 0 Å². The molecule has 1 aromatic heterocycles. The van der Waals surface area contributed by atoms with Crippen LogP contribution in [0.2, 0.25) is 0 Å². The molecule has 1 aliphatic heterocycles. The molecular weight excluding hydrogens is 346 g/mol. The Kier molecular flexibility index (Phi) is 5.86. The summed E-state index contributed by atoms with van der Waals surface area (Å²) < 4.78 is 0.316. The molecule has 1 aliphatic rings. The SMILES string of the molecule is CSCC[C@@H](C(=O)O)N1C(=O)/C(=C\c2cccs2)SC1=S. The molecule has 2 heterocycles. The minimum Gasteiger partial charge on any atom is -0.480 e. The monoisotopic (exact) mass is 359 g/mol. The second-order valence-corrected chi connectivity index (χ2v) is 7.84. The van der Waals surface area contributed by atoms with Crippen molar-refractivity contribution in [3.05, 3.63) is 27.3 Å². The van der Waals surface area contributed by atoms with Crippen LogP contribution in [-0.2, 0) is 9.59 Å². The van der Waals surface area contributed by atoms with Gasteiger partial charge in [0, 0.05) is 4.88 Å². The Morgan fingerprint density at radius 3 is 2.95 bits per heavy atom. The molecule has 21 heavy (non-hydrogen) atoms. The van der Waals surface area contributed by atoms with Gasteiger partial charge in [-0.25, -0.2) is 4.79 Å². The van der Waals surface area contributed by atoms with Crippen molar-refractivity contribution in [2.75, 3.05) is 12.0 Å². The summed E-state index contributed by atoms with van der Waals surface area (Å²) >= 11 is 9.43. The smallest absolute Gasteiger partial charge is 0.326 e. The van der Waals surface area contributed by atoms with Crippen LogP contribution in [0.1, 0.15) is 11.3 Å². The van der Waals surface area contributed by atoms with Gasteiger partial charge in [0.15, 0.2) is 0 Å². The van der Waals surface area contributed by atoms with E-state index in [-0.39, 0.29) is 5.91 Å². The highest BCUT2D eigenvalue weighted by Gasteiger charge is 2.40. The zero-order valence-corrected chi connectivity index (χ0v) is 14.4. The predicted octanol–water partition coefficient (Wildman–Crippen LogP) is 3.16. The number of carboxylic acids is 1. The third-order valence-corrected chi connectivity index (χ3v) is 5.63. The molecule has 1 saturated heterocycles. The summed E-state index contributed by atoms with van der Waals surface area (Å²) in [6.45, 7) is 0. The van der Waals surface area contributed by atoms with E-state index < -0.39 is 12.0 Å². The second-order valence-electron chi connectivity index (χ2n) is 4.20. The summed E-state index contributed by atoms with van der Waals surface area (Å²) in [5, 5.41) is 11.3. The van der Waals surface area contributed by atoms with E-state index >= 15 is 0 Å². The first-order valence-electron chi connectivity index (χ1n) is 6.07. The van der Waals surface area contributed by atoms with Gasteiger partial charge in [0.25, 0.3) is 5.91 Å². The van der Waals surface area contributed by atoms with Gasteiger partial charge in [-0.3, -0.25) is 9.69 Å². The van der Waals surface area contributed by atoms with Gasteiger partial charge in [-0.1, -0.05) is 30.0 Å². The normalized spacial score (nSPS) is 18.5. The molecule has 1 aromatic rings. The minimum atomic E-state index is -1.02. The summed E-state index contributed by atoms with van der Waals surface area (Å²) in [4.78, 5) is 26.5. The minimum absolute atomic E-state index is 0.313. The summed E-state index contributed by atoms with van der Waals surface area (Å²) in [5.74, 6) is -0.664. The highest BCUT2D eigenvalue weighted by Crippen LogP contribution is 2.35. The van der Waals surface area contributed by atoms with Crippen LogP contribution >= 0.6 is 47.1 Å². The first-order chi connectivity index (χ1) is 10.0. The number of amides is 1. The van der Waals surface area contributed by atoms with E-state index in [0.717, 1.165) is 16.6 Å². The number of nitrogens with zero attached hydrogens (tertiary/aromatic N) is 1. The average molecular weight is 360 g/mol. The van der Waals surface area contributed by atoms with E-state index in [2.05, 4.69) is 0 Å². The van der Waals surface area contributed by atoms with Crippen LogP contribution in [0.5, 0.6) is 0 Å². The Hall–Kier alpha value is -0.830. The topological polar surface area (TPSA) is 57.6 Å². The number of rotatable bonds is 6. The molecule has 1 amide bonds. The van der Waals surface area contributed by atoms with Gasteiger partial charge in [-0.2, -0.15) is 11.8 Å². The van der Waals surface area contributed by atoms with Crippen LogP contribution in [-0.4, -0.2) is 44.3 Å². The van der Waals surface area contributed by atoms with E-state index in [1.165, 1.54) is 16.2 Å². The summed E-state index contributed by atoms with van der Waals surface area (Å²) in [6, 6.07) is 2.91. The predicted molar refractivity (Wildman–Crippen MR) is 93.8 cm³/mol. The molecule has 0 bridgehead atoms. The van der Waals surface area contributed by atoms with Crippen molar-refractivity contribution in [1.29, 1.82) is 0 Å². The highest BCUT2D eigenvalue weighted by molar-refractivity contribution is 8.26. The Bertz CT molecular complexity index is 582. The molecular formula is C13H13NO3S4. The zero-order valence-electron chi connectivity index (χ0n) is 11.1. The van der Waals surface area contributed by atoms with E-state index in [1.54, 1.807) is 17.8 Å². The lowest BCUT2D eigenvalue weighted by molar-refractivity contribution is -0.145. The fourth-order valence-electron chi connectivity index (χ4n) is 1.84. The van der Waals surface area contributed by atoms with Crippen molar-refractivity contribution in [2.45, 2.75) is 12.5 Å². The van der Waals surface area contributed by atoms with Crippen molar-refractivity contribution < 1.29 is 14.7 Å². The first-order valence-corrected chi connectivity index (χ1v) is 9.56. The molecule has 1 N–H and O–H groups in total. The quantitative estimate of drug-likeness (QED) is 0.622. The number of carboxylic acid groups (broad SMARTS) is 1. The van der Waals surface area contributed by atoms with Crippen LogP contribution in [0.4, 0.5) is 0 Å². The van der Waals surface area contributed by atoms with Crippen LogP contribution in [0.15, 0.2) is 22.4 Å². The Labute approximate surface area is 140 Å². The molecule has 0 radical (unpaired) electrons. The fourth-order valence-corrected chi connectivity index (χ4v) is 4.38. The molecule has 0 unspecified atom stereocenters. The van der Waals surface area contributed by atoms with Crippen molar-refractivity contribution in [3.8, 4) is 0 Å². The van der Waals surface area contributed by atoms with Gasteiger partial charge in [-0.15, -0.1) is 11.3 Å². The first kappa shape index (κ1) is 16.5. The zero-order chi connectivity index (χ0) is 15.4. The number of hydrogen-bond donors (Lipinski definition) is 1. The molecule has 0 aromatic carbocycles. The van der Waals surface area contributed by atoms with Gasteiger partial charge < -0.3 is 5.11 Å².